The summed E-state index contributed by atoms with van der Waals surface area (Å²) in [7, 11) is 0. The fourth-order valence-electron chi connectivity index (χ4n) is 4.30. The molecule has 3 heterocycles. The predicted octanol–water partition coefficient (Wildman–Crippen LogP) is 3.14. The summed E-state index contributed by atoms with van der Waals surface area (Å²) in [5, 5.41) is 0. The van der Waals surface area contributed by atoms with Crippen LogP contribution in [0.4, 0.5) is 0 Å². The van der Waals surface area contributed by atoms with Gasteiger partial charge in [-0.25, -0.2) is 14.3 Å². The maximum Gasteiger partial charge on any atom is 0.337 e. The molecule has 0 radical (unpaired) electrons. The Balaban J connectivity index is 1.77. The van der Waals surface area contributed by atoms with Crippen LogP contribution in [0.3, 0.4) is 0 Å². The maximum absolute atomic E-state index is 13.6. The van der Waals surface area contributed by atoms with Gasteiger partial charge in [0.2, 0.25) is 0 Å². The Morgan fingerprint density at radius 3 is 2.45 bits per heavy atom. The highest BCUT2D eigenvalue weighted by Crippen LogP contribution is 2.22. The van der Waals surface area contributed by atoms with Crippen molar-refractivity contribution >= 4 is 11.2 Å². The van der Waals surface area contributed by atoms with Crippen LogP contribution in [-0.4, -0.2) is 31.4 Å². The molecule has 0 bridgehead atoms. The highest BCUT2D eigenvalue weighted by Gasteiger charge is 2.24. The number of fused-ring (bicyclic) bond motifs is 1. The van der Waals surface area contributed by atoms with E-state index in [1.165, 1.54) is 9.13 Å². The molecule has 31 heavy (non-hydrogen) atoms. The van der Waals surface area contributed by atoms with E-state index in [9.17, 15) is 9.59 Å². The van der Waals surface area contributed by atoms with Gasteiger partial charge in [0.05, 0.1) is 30.7 Å². The SMILES string of the molecule is C[C@H](c1ccccc1)n1cnc2c1c(=O)n(C[C@@H]1CCCO1)c(=O)n2-c1ccccc1. The van der Waals surface area contributed by atoms with Crippen LogP contribution in [0.5, 0.6) is 0 Å². The number of aromatic nitrogens is 4. The predicted molar refractivity (Wildman–Crippen MR) is 119 cm³/mol. The van der Waals surface area contributed by atoms with E-state index >= 15 is 0 Å². The van der Waals surface area contributed by atoms with Crippen molar-refractivity contribution in [1.82, 2.24) is 18.7 Å². The fraction of sp³-hybridized carbons (Fsp3) is 0.292. The van der Waals surface area contributed by atoms with Crippen LogP contribution in [-0.2, 0) is 11.3 Å². The lowest BCUT2D eigenvalue weighted by Crippen LogP contribution is -2.42. The standard InChI is InChI=1S/C24H24N4O3/c1-17(18-9-4-2-5-10-18)27-16-25-22-21(27)23(29)26(15-20-13-8-14-31-20)24(30)28(22)19-11-6-3-7-12-19/h2-7,9-12,16-17,20H,8,13-15H2,1H3/t17-,20+/m1/s1. The highest BCUT2D eigenvalue weighted by molar-refractivity contribution is 5.72. The number of benzene rings is 2. The Morgan fingerprint density at radius 1 is 1.06 bits per heavy atom. The molecular formula is C24H24N4O3. The summed E-state index contributed by atoms with van der Waals surface area (Å²) in [5.74, 6) is 0. The second kappa shape index (κ2) is 8.00. The van der Waals surface area contributed by atoms with Gasteiger partial charge in [0.25, 0.3) is 5.56 Å². The second-order valence-electron chi connectivity index (χ2n) is 7.92. The van der Waals surface area contributed by atoms with Gasteiger partial charge in [-0.2, -0.15) is 0 Å². The summed E-state index contributed by atoms with van der Waals surface area (Å²) >= 11 is 0. The smallest absolute Gasteiger partial charge is 0.337 e. The van der Waals surface area contributed by atoms with Crippen LogP contribution in [0.2, 0.25) is 0 Å². The molecule has 7 nitrogen and oxygen atoms in total. The fourth-order valence-corrected chi connectivity index (χ4v) is 4.30. The van der Waals surface area contributed by atoms with Crippen molar-refractivity contribution in [2.75, 3.05) is 6.61 Å². The van der Waals surface area contributed by atoms with Crippen LogP contribution in [0.15, 0.2) is 76.6 Å². The van der Waals surface area contributed by atoms with E-state index in [-0.39, 0.29) is 24.2 Å². The summed E-state index contributed by atoms with van der Waals surface area (Å²) in [6.45, 7) is 2.93. The van der Waals surface area contributed by atoms with Crippen LogP contribution in [0, 0.1) is 0 Å². The molecule has 5 rings (SSSR count). The maximum atomic E-state index is 13.6. The summed E-state index contributed by atoms with van der Waals surface area (Å²) in [4.78, 5) is 31.6. The summed E-state index contributed by atoms with van der Waals surface area (Å²) in [6.07, 6.45) is 3.31. The van der Waals surface area contributed by atoms with E-state index in [0.29, 0.717) is 23.5 Å². The number of ether oxygens (including phenoxy) is 1. The summed E-state index contributed by atoms with van der Waals surface area (Å²) in [6, 6.07) is 19.2. The highest BCUT2D eigenvalue weighted by atomic mass is 16.5. The number of hydrogen-bond acceptors (Lipinski definition) is 4. The van der Waals surface area contributed by atoms with Gasteiger partial charge in [0, 0.05) is 6.61 Å². The zero-order chi connectivity index (χ0) is 21.4. The van der Waals surface area contributed by atoms with Gasteiger partial charge in [-0.1, -0.05) is 48.5 Å². The molecule has 0 N–H and O–H groups in total. The largest absolute Gasteiger partial charge is 0.376 e. The van der Waals surface area contributed by atoms with E-state index in [1.54, 1.807) is 6.33 Å². The van der Waals surface area contributed by atoms with E-state index in [4.69, 9.17) is 4.74 Å². The molecule has 1 fully saturated rings. The third kappa shape index (κ3) is 3.41. The molecule has 1 aliphatic rings. The third-order valence-corrected chi connectivity index (χ3v) is 5.98. The first-order valence-corrected chi connectivity index (χ1v) is 10.6. The van der Waals surface area contributed by atoms with Crippen molar-refractivity contribution in [3.8, 4) is 5.69 Å². The number of nitrogens with zero attached hydrogens (tertiary/aromatic N) is 4. The van der Waals surface area contributed by atoms with Crippen LogP contribution in [0.1, 0.15) is 31.4 Å². The van der Waals surface area contributed by atoms with Crippen molar-refractivity contribution < 1.29 is 4.74 Å². The Morgan fingerprint density at radius 2 is 1.77 bits per heavy atom. The minimum Gasteiger partial charge on any atom is -0.376 e. The molecule has 1 aliphatic heterocycles. The number of para-hydroxylation sites is 1. The van der Waals surface area contributed by atoms with Gasteiger partial charge >= 0.3 is 5.69 Å². The molecule has 2 atom stereocenters. The molecule has 0 unspecified atom stereocenters. The van der Waals surface area contributed by atoms with Crippen LogP contribution < -0.4 is 11.2 Å². The molecule has 4 aromatic rings. The summed E-state index contributed by atoms with van der Waals surface area (Å²) in [5.41, 5.74) is 1.80. The van der Waals surface area contributed by atoms with E-state index in [2.05, 4.69) is 4.98 Å². The molecule has 158 valence electrons. The molecule has 1 saturated heterocycles. The lowest BCUT2D eigenvalue weighted by molar-refractivity contribution is 0.0950. The zero-order valence-corrected chi connectivity index (χ0v) is 17.3. The first-order chi connectivity index (χ1) is 15.1. The molecule has 2 aromatic heterocycles. The zero-order valence-electron chi connectivity index (χ0n) is 17.3. The van der Waals surface area contributed by atoms with Gasteiger partial charge in [0.15, 0.2) is 11.2 Å². The number of hydrogen-bond donors (Lipinski definition) is 0. The van der Waals surface area contributed by atoms with Gasteiger partial charge in [-0.15, -0.1) is 0 Å². The van der Waals surface area contributed by atoms with Gasteiger partial charge < -0.3 is 9.30 Å². The Labute approximate surface area is 179 Å². The molecule has 0 aliphatic carbocycles. The van der Waals surface area contributed by atoms with Crippen molar-refractivity contribution in [1.29, 1.82) is 0 Å². The molecule has 0 spiro atoms. The van der Waals surface area contributed by atoms with Crippen LogP contribution >= 0.6 is 0 Å². The van der Waals surface area contributed by atoms with E-state index < -0.39 is 5.69 Å². The first-order valence-electron chi connectivity index (χ1n) is 10.6. The molecule has 0 saturated carbocycles. The van der Waals surface area contributed by atoms with Crippen LogP contribution in [0.25, 0.3) is 16.9 Å². The average Bonchev–Trinajstić information content (AvgIpc) is 3.48. The van der Waals surface area contributed by atoms with E-state index in [1.807, 2.05) is 72.2 Å². The van der Waals surface area contributed by atoms with Crippen molar-refractivity contribution in [2.24, 2.45) is 0 Å². The first kappa shape index (κ1) is 19.5. The number of imidazole rings is 1. The Kier molecular flexibility index (Phi) is 5.03. The third-order valence-electron chi connectivity index (χ3n) is 5.98. The second-order valence-corrected chi connectivity index (χ2v) is 7.92. The van der Waals surface area contributed by atoms with Gasteiger partial charge in [-0.05, 0) is 37.5 Å². The molecular weight excluding hydrogens is 392 g/mol. The minimum atomic E-state index is -0.392. The molecule has 2 aromatic carbocycles. The van der Waals surface area contributed by atoms with Crippen molar-refractivity contribution in [2.45, 2.75) is 38.5 Å². The quantitative estimate of drug-likeness (QED) is 0.501. The molecule has 0 amide bonds. The van der Waals surface area contributed by atoms with E-state index in [0.717, 1.165) is 18.4 Å². The number of rotatable bonds is 5. The lowest BCUT2D eigenvalue weighted by atomic mass is 10.1. The topological polar surface area (TPSA) is 71.1 Å². The monoisotopic (exact) mass is 416 g/mol. The lowest BCUT2D eigenvalue weighted by Gasteiger charge is -2.17. The van der Waals surface area contributed by atoms with Gasteiger partial charge in [-0.3, -0.25) is 9.36 Å². The molecule has 7 heteroatoms. The average molecular weight is 416 g/mol. The van der Waals surface area contributed by atoms with Crippen molar-refractivity contribution in [3.05, 3.63) is 93.4 Å². The Hall–Kier alpha value is -3.45. The van der Waals surface area contributed by atoms with Crippen molar-refractivity contribution in [3.63, 3.8) is 0 Å². The normalized spacial score (nSPS) is 17.3. The van der Waals surface area contributed by atoms with Gasteiger partial charge in [0.1, 0.15) is 0 Å². The minimum absolute atomic E-state index is 0.114. The Bertz CT molecular complexity index is 1320. The summed E-state index contributed by atoms with van der Waals surface area (Å²) < 4.78 is 10.4.